The molecule has 1 heterocycles. The number of rotatable bonds is 3. The first-order valence-corrected chi connectivity index (χ1v) is 4.83. The van der Waals surface area contributed by atoms with Gasteiger partial charge in [-0.25, -0.2) is 0 Å². The summed E-state index contributed by atoms with van der Waals surface area (Å²) in [7, 11) is 3.20. The number of aromatic nitrogens is 1. The van der Waals surface area contributed by atoms with Crippen LogP contribution in [0.4, 0.5) is 0 Å². The van der Waals surface area contributed by atoms with Crippen LogP contribution in [-0.4, -0.2) is 19.4 Å². The van der Waals surface area contributed by atoms with Crippen LogP contribution in [0.3, 0.4) is 0 Å². The number of aryl methyl sites for hydroxylation is 1. The van der Waals surface area contributed by atoms with Crippen LogP contribution in [0, 0.1) is 13.0 Å². The highest BCUT2D eigenvalue weighted by Gasteiger charge is 2.15. The minimum Gasteiger partial charge on any atom is -0.496 e. The van der Waals surface area contributed by atoms with Crippen molar-refractivity contribution in [2.75, 3.05) is 14.2 Å². The second-order valence-electron chi connectivity index (χ2n) is 3.25. The quantitative estimate of drug-likeness (QED) is 0.793. The van der Waals surface area contributed by atoms with Gasteiger partial charge in [0, 0.05) is 0 Å². The third-order valence-electron chi connectivity index (χ3n) is 2.23. The molecule has 0 aliphatic rings. The third kappa shape index (κ3) is 1.74. The zero-order chi connectivity index (χ0) is 11.5. The van der Waals surface area contributed by atoms with Crippen molar-refractivity contribution in [1.82, 2.24) is 5.16 Å². The lowest BCUT2D eigenvalue weighted by Gasteiger charge is -2.09. The molecule has 0 saturated heterocycles. The summed E-state index contributed by atoms with van der Waals surface area (Å²) in [5.41, 5.74) is 1.34. The molecule has 0 aliphatic carbocycles. The number of ether oxygens (including phenoxy) is 2. The maximum Gasteiger partial charge on any atom is 0.142 e. The maximum atomic E-state index is 5.27. The maximum absolute atomic E-state index is 5.27. The SMILES string of the molecule is COc1cccc(OC)c1-c1[c]c(C)on1. The van der Waals surface area contributed by atoms with Crippen molar-refractivity contribution in [1.29, 1.82) is 0 Å². The van der Waals surface area contributed by atoms with Crippen molar-refractivity contribution in [3.8, 4) is 22.8 Å². The van der Waals surface area contributed by atoms with Crippen LogP contribution in [0.2, 0.25) is 0 Å². The molecule has 1 radical (unpaired) electrons. The Morgan fingerprint density at radius 1 is 1.19 bits per heavy atom. The van der Waals surface area contributed by atoms with Crippen molar-refractivity contribution in [2.24, 2.45) is 0 Å². The summed E-state index contributed by atoms with van der Waals surface area (Å²) in [6.07, 6.45) is 0. The molecule has 0 aliphatic heterocycles. The fraction of sp³-hybridized carbons (Fsp3) is 0.250. The van der Waals surface area contributed by atoms with E-state index in [0.29, 0.717) is 23.0 Å². The molecule has 1 aromatic carbocycles. The van der Waals surface area contributed by atoms with Gasteiger partial charge < -0.3 is 14.0 Å². The summed E-state index contributed by atoms with van der Waals surface area (Å²) >= 11 is 0. The van der Waals surface area contributed by atoms with Gasteiger partial charge in [0.05, 0.1) is 25.8 Å². The molecule has 83 valence electrons. The van der Waals surface area contributed by atoms with Crippen LogP contribution in [0.15, 0.2) is 22.7 Å². The van der Waals surface area contributed by atoms with Crippen LogP contribution >= 0.6 is 0 Å². The van der Waals surface area contributed by atoms with E-state index in [0.717, 1.165) is 5.56 Å². The number of hydrogen-bond donors (Lipinski definition) is 0. The molecule has 16 heavy (non-hydrogen) atoms. The number of benzene rings is 1. The van der Waals surface area contributed by atoms with E-state index in [4.69, 9.17) is 14.0 Å². The van der Waals surface area contributed by atoms with Gasteiger partial charge in [-0.3, -0.25) is 0 Å². The van der Waals surface area contributed by atoms with E-state index in [1.807, 2.05) is 18.2 Å². The lowest BCUT2D eigenvalue weighted by molar-refractivity contribution is 0.388. The molecule has 0 amide bonds. The van der Waals surface area contributed by atoms with Gasteiger partial charge in [0.15, 0.2) is 0 Å². The van der Waals surface area contributed by atoms with E-state index in [9.17, 15) is 0 Å². The molecule has 0 fully saturated rings. The third-order valence-corrected chi connectivity index (χ3v) is 2.23. The van der Waals surface area contributed by atoms with Crippen molar-refractivity contribution < 1.29 is 14.0 Å². The first-order valence-electron chi connectivity index (χ1n) is 4.83. The molecule has 0 N–H and O–H groups in total. The largest absolute Gasteiger partial charge is 0.496 e. The molecular formula is C12H12NO3. The average Bonchev–Trinajstić information content (AvgIpc) is 2.74. The summed E-state index contributed by atoms with van der Waals surface area (Å²) in [5, 5.41) is 3.91. The molecule has 4 heteroatoms. The Bertz CT molecular complexity index is 469. The van der Waals surface area contributed by atoms with Crippen molar-refractivity contribution in [2.45, 2.75) is 6.92 Å². The highest BCUT2D eigenvalue weighted by atomic mass is 16.5. The summed E-state index contributed by atoms with van der Waals surface area (Å²) < 4.78 is 15.5. The summed E-state index contributed by atoms with van der Waals surface area (Å²) in [5.74, 6) is 2.00. The average molecular weight is 218 g/mol. The molecule has 0 saturated carbocycles. The summed E-state index contributed by atoms with van der Waals surface area (Å²) in [6.45, 7) is 1.79. The normalized spacial score (nSPS) is 10.2. The molecule has 4 nitrogen and oxygen atoms in total. The first-order chi connectivity index (χ1) is 7.76. The second kappa shape index (κ2) is 4.26. The molecule has 2 rings (SSSR count). The van der Waals surface area contributed by atoms with E-state index >= 15 is 0 Å². The Kier molecular flexibility index (Phi) is 2.81. The first kappa shape index (κ1) is 10.5. The summed E-state index contributed by atoms with van der Waals surface area (Å²) in [4.78, 5) is 0. The minimum absolute atomic E-state index is 0.590. The predicted molar refractivity (Wildman–Crippen MR) is 58.6 cm³/mol. The van der Waals surface area contributed by atoms with Gasteiger partial charge in [-0.05, 0) is 19.1 Å². The standard InChI is InChI=1S/C12H12NO3/c1-8-7-9(13-16-8)12-10(14-2)5-4-6-11(12)15-3/h4-6H,1-3H3. The van der Waals surface area contributed by atoms with E-state index in [1.165, 1.54) is 0 Å². The molecule has 1 aromatic heterocycles. The van der Waals surface area contributed by atoms with E-state index < -0.39 is 0 Å². The second-order valence-corrected chi connectivity index (χ2v) is 3.25. The molecule has 0 spiro atoms. The van der Waals surface area contributed by atoms with Gasteiger partial charge in [0.1, 0.15) is 23.0 Å². The van der Waals surface area contributed by atoms with E-state index in [2.05, 4.69) is 11.2 Å². The van der Waals surface area contributed by atoms with Gasteiger partial charge in [0.2, 0.25) is 0 Å². The van der Waals surface area contributed by atoms with Crippen LogP contribution in [0.5, 0.6) is 11.5 Å². The van der Waals surface area contributed by atoms with E-state index in [1.54, 1.807) is 21.1 Å². The lowest BCUT2D eigenvalue weighted by atomic mass is 10.1. The predicted octanol–water partition coefficient (Wildman–Crippen LogP) is 2.47. The molecule has 2 aromatic rings. The monoisotopic (exact) mass is 218 g/mol. The van der Waals surface area contributed by atoms with Crippen LogP contribution in [0.1, 0.15) is 5.76 Å². The topological polar surface area (TPSA) is 44.5 Å². The Morgan fingerprint density at radius 2 is 1.81 bits per heavy atom. The molecule has 0 unspecified atom stereocenters. The van der Waals surface area contributed by atoms with Crippen molar-refractivity contribution >= 4 is 0 Å². The van der Waals surface area contributed by atoms with Crippen molar-refractivity contribution in [3.63, 3.8) is 0 Å². The Labute approximate surface area is 93.8 Å². The zero-order valence-corrected chi connectivity index (χ0v) is 9.40. The van der Waals surface area contributed by atoms with Gasteiger partial charge >= 0.3 is 0 Å². The molecule has 0 atom stereocenters. The van der Waals surface area contributed by atoms with Crippen LogP contribution < -0.4 is 9.47 Å². The molecular weight excluding hydrogens is 206 g/mol. The highest BCUT2D eigenvalue weighted by molar-refractivity contribution is 5.73. The van der Waals surface area contributed by atoms with Gasteiger partial charge in [-0.15, -0.1) is 0 Å². The van der Waals surface area contributed by atoms with Gasteiger partial charge in [-0.2, -0.15) is 0 Å². The van der Waals surface area contributed by atoms with Gasteiger partial charge in [0.25, 0.3) is 0 Å². The van der Waals surface area contributed by atoms with Crippen LogP contribution in [0.25, 0.3) is 11.3 Å². The zero-order valence-electron chi connectivity index (χ0n) is 9.40. The summed E-state index contributed by atoms with van der Waals surface area (Å²) in [6, 6.07) is 8.55. The fourth-order valence-electron chi connectivity index (χ4n) is 1.52. The van der Waals surface area contributed by atoms with Crippen molar-refractivity contribution in [3.05, 3.63) is 30.0 Å². The number of methoxy groups -OCH3 is 2. The number of hydrogen-bond acceptors (Lipinski definition) is 4. The smallest absolute Gasteiger partial charge is 0.142 e. The molecule has 0 bridgehead atoms. The van der Waals surface area contributed by atoms with Gasteiger partial charge in [-0.1, -0.05) is 11.2 Å². The Morgan fingerprint density at radius 3 is 2.25 bits per heavy atom. The highest BCUT2D eigenvalue weighted by Crippen LogP contribution is 2.37. The lowest BCUT2D eigenvalue weighted by Crippen LogP contribution is -1.92. The Hall–Kier alpha value is -1.97. The Balaban J connectivity index is 2.60. The van der Waals surface area contributed by atoms with Crippen LogP contribution in [-0.2, 0) is 0 Å². The van der Waals surface area contributed by atoms with E-state index in [-0.39, 0.29) is 0 Å². The minimum atomic E-state index is 0.590. The fourth-order valence-corrected chi connectivity index (χ4v) is 1.52. The number of nitrogens with zero attached hydrogens (tertiary/aromatic N) is 1.